The molecule has 0 saturated carbocycles. The Hall–Kier alpha value is -1.48. The van der Waals surface area contributed by atoms with E-state index in [1.54, 1.807) is 23.5 Å². The minimum Gasteiger partial charge on any atom is -0.242 e. The van der Waals surface area contributed by atoms with Crippen molar-refractivity contribution in [3.63, 3.8) is 0 Å². The minimum absolute atomic E-state index is 0.129. The van der Waals surface area contributed by atoms with Crippen molar-refractivity contribution in [1.82, 2.24) is 4.98 Å². The highest BCUT2D eigenvalue weighted by Crippen LogP contribution is 2.31. The normalized spacial score (nSPS) is 19.6. The second kappa shape index (κ2) is 4.08. The minimum atomic E-state index is -0.129. The maximum absolute atomic E-state index is 12.9. The highest BCUT2D eigenvalue weighted by atomic mass is 32.1. The quantitative estimate of drug-likeness (QED) is 0.720. The molecule has 1 aromatic carbocycles. The number of aryl methyl sites for hydroxylation is 1. The lowest BCUT2D eigenvalue weighted by atomic mass is 9.92. The van der Waals surface area contributed by atoms with Gasteiger partial charge in [-0.25, -0.2) is 9.37 Å². The summed E-state index contributed by atoms with van der Waals surface area (Å²) in [4.78, 5) is 4.44. The molecule has 0 fully saturated rings. The first kappa shape index (κ1) is 10.7. The van der Waals surface area contributed by atoms with E-state index in [1.807, 2.05) is 13.0 Å². The van der Waals surface area contributed by atoms with E-state index in [2.05, 4.69) is 23.2 Å². The van der Waals surface area contributed by atoms with Crippen LogP contribution in [0.1, 0.15) is 22.9 Å². The smallest absolute Gasteiger partial charge is 0.118 e. The van der Waals surface area contributed by atoms with Gasteiger partial charge in [0.15, 0.2) is 0 Å². The van der Waals surface area contributed by atoms with Gasteiger partial charge in [0.1, 0.15) is 5.83 Å². The molecular weight excluding hydrogens is 233 g/mol. The number of fused-ring (bicyclic) bond motifs is 1. The summed E-state index contributed by atoms with van der Waals surface area (Å²) in [6, 6.07) is 6.32. The number of benzene rings is 1. The van der Waals surface area contributed by atoms with Gasteiger partial charge in [0.2, 0.25) is 0 Å². The molecule has 0 bridgehead atoms. The van der Waals surface area contributed by atoms with E-state index in [0.29, 0.717) is 5.92 Å². The fourth-order valence-electron chi connectivity index (χ4n) is 2.13. The summed E-state index contributed by atoms with van der Waals surface area (Å²) >= 11 is 1.71. The Labute approximate surface area is 103 Å². The van der Waals surface area contributed by atoms with Crippen LogP contribution in [0.3, 0.4) is 0 Å². The van der Waals surface area contributed by atoms with Crippen molar-refractivity contribution in [2.75, 3.05) is 0 Å². The molecule has 17 heavy (non-hydrogen) atoms. The molecule has 1 nitrogen and oxygen atoms in total. The highest BCUT2D eigenvalue weighted by molar-refractivity contribution is 7.18. The molecule has 1 aliphatic rings. The van der Waals surface area contributed by atoms with Gasteiger partial charge in [-0.1, -0.05) is 12.1 Å². The molecule has 0 aliphatic heterocycles. The van der Waals surface area contributed by atoms with Crippen LogP contribution in [-0.4, -0.2) is 4.98 Å². The highest BCUT2D eigenvalue weighted by Gasteiger charge is 2.12. The second-order valence-electron chi connectivity index (χ2n) is 4.25. The van der Waals surface area contributed by atoms with E-state index in [-0.39, 0.29) is 5.83 Å². The van der Waals surface area contributed by atoms with Crippen LogP contribution in [0.5, 0.6) is 0 Å². The zero-order chi connectivity index (χ0) is 11.8. The van der Waals surface area contributed by atoms with Crippen molar-refractivity contribution >= 4 is 21.6 Å². The van der Waals surface area contributed by atoms with E-state index in [0.717, 1.165) is 16.9 Å². The number of hydrogen-bond donors (Lipinski definition) is 0. The van der Waals surface area contributed by atoms with Crippen LogP contribution >= 0.6 is 11.3 Å². The van der Waals surface area contributed by atoms with Crippen LogP contribution in [0, 0.1) is 6.92 Å². The third-order valence-electron chi connectivity index (χ3n) is 3.00. The Morgan fingerprint density at radius 1 is 1.41 bits per heavy atom. The topological polar surface area (TPSA) is 12.9 Å². The SMILES string of the molecule is Cc1nc2ccc(C3C=CC(F)=CC3)cc2s1. The fourth-order valence-corrected chi connectivity index (χ4v) is 3.00. The molecule has 1 atom stereocenters. The zero-order valence-electron chi connectivity index (χ0n) is 9.48. The largest absolute Gasteiger partial charge is 0.242 e. The van der Waals surface area contributed by atoms with Crippen molar-refractivity contribution in [2.45, 2.75) is 19.3 Å². The predicted octanol–water partition coefficient (Wildman–Crippen LogP) is 4.50. The lowest BCUT2D eigenvalue weighted by molar-refractivity contribution is 0.643. The van der Waals surface area contributed by atoms with E-state index in [9.17, 15) is 4.39 Å². The van der Waals surface area contributed by atoms with Crippen molar-refractivity contribution in [2.24, 2.45) is 0 Å². The van der Waals surface area contributed by atoms with Crippen LogP contribution in [0.25, 0.3) is 10.2 Å². The first-order chi connectivity index (χ1) is 8.22. The number of thiazole rings is 1. The molecule has 1 unspecified atom stereocenters. The predicted molar refractivity (Wildman–Crippen MR) is 70.0 cm³/mol. The van der Waals surface area contributed by atoms with Crippen LogP contribution in [0.2, 0.25) is 0 Å². The van der Waals surface area contributed by atoms with Crippen molar-refractivity contribution < 1.29 is 4.39 Å². The molecule has 1 aliphatic carbocycles. The molecular formula is C14H12FNS. The molecule has 0 amide bonds. The Morgan fingerprint density at radius 3 is 3.06 bits per heavy atom. The van der Waals surface area contributed by atoms with E-state index >= 15 is 0 Å². The van der Waals surface area contributed by atoms with Gasteiger partial charge in [0.05, 0.1) is 15.2 Å². The number of aromatic nitrogens is 1. The number of rotatable bonds is 1. The van der Waals surface area contributed by atoms with Crippen molar-refractivity contribution in [3.8, 4) is 0 Å². The van der Waals surface area contributed by atoms with Crippen molar-refractivity contribution in [3.05, 3.63) is 52.8 Å². The summed E-state index contributed by atoms with van der Waals surface area (Å²) < 4.78 is 14.1. The summed E-state index contributed by atoms with van der Waals surface area (Å²) in [5.74, 6) is 0.164. The Kier molecular flexibility index (Phi) is 2.56. The summed E-state index contributed by atoms with van der Waals surface area (Å²) in [5, 5.41) is 1.09. The van der Waals surface area contributed by atoms with Crippen LogP contribution < -0.4 is 0 Å². The molecule has 0 N–H and O–H groups in total. The Morgan fingerprint density at radius 2 is 2.29 bits per heavy atom. The third kappa shape index (κ3) is 2.03. The van der Waals surface area contributed by atoms with E-state index in [4.69, 9.17) is 0 Å². The molecule has 1 heterocycles. The fraction of sp³-hybridized carbons (Fsp3) is 0.214. The van der Waals surface area contributed by atoms with Gasteiger partial charge in [0, 0.05) is 5.92 Å². The number of hydrogen-bond acceptors (Lipinski definition) is 2. The molecule has 1 aromatic heterocycles. The van der Waals surface area contributed by atoms with Crippen molar-refractivity contribution in [1.29, 1.82) is 0 Å². The van der Waals surface area contributed by atoms with Gasteiger partial charge in [-0.05, 0) is 43.2 Å². The molecule has 2 aromatic rings. The molecule has 86 valence electrons. The van der Waals surface area contributed by atoms with Gasteiger partial charge < -0.3 is 0 Å². The first-order valence-electron chi connectivity index (χ1n) is 5.63. The lowest BCUT2D eigenvalue weighted by Crippen LogP contribution is -1.97. The summed E-state index contributed by atoms with van der Waals surface area (Å²) in [6.45, 7) is 2.02. The maximum atomic E-state index is 12.9. The Balaban J connectivity index is 1.98. The second-order valence-corrected chi connectivity index (χ2v) is 5.49. The molecule has 3 heteroatoms. The van der Waals surface area contributed by atoms with Crippen LogP contribution in [0.15, 0.2) is 42.3 Å². The lowest BCUT2D eigenvalue weighted by Gasteiger charge is -2.13. The summed E-state index contributed by atoms with van der Waals surface area (Å²) in [6.07, 6.45) is 5.87. The third-order valence-corrected chi connectivity index (χ3v) is 3.94. The number of halogens is 1. The number of allylic oxidation sites excluding steroid dienone is 4. The van der Waals surface area contributed by atoms with Crippen LogP contribution in [0.4, 0.5) is 4.39 Å². The number of nitrogens with zero attached hydrogens (tertiary/aromatic N) is 1. The Bertz CT molecular complexity index is 624. The standard InChI is InChI=1S/C14H12FNS/c1-9-16-13-7-4-11(8-14(13)17-9)10-2-5-12(15)6-3-10/h2,4-8,10H,3H2,1H3. The summed E-state index contributed by atoms with van der Waals surface area (Å²) in [5.41, 5.74) is 2.29. The molecule has 0 saturated heterocycles. The van der Waals surface area contributed by atoms with E-state index in [1.165, 1.54) is 10.3 Å². The maximum Gasteiger partial charge on any atom is 0.118 e. The van der Waals surface area contributed by atoms with Gasteiger partial charge in [-0.3, -0.25) is 0 Å². The average Bonchev–Trinajstić information content (AvgIpc) is 2.69. The molecule has 0 radical (unpaired) electrons. The molecule has 0 spiro atoms. The van der Waals surface area contributed by atoms with Gasteiger partial charge in [-0.15, -0.1) is 11.3 Å². The zero-order valence-corrected chi connectivity index (χ0v) is 10.3. The average molecular weight is 245 g/mol. The van der Waals surface area contributed by atoms with Gasteiger partial charge >= 0.3 is 0 Å². The van der Waals surface area contributed by atoms with Gasteiger partial charge in [-0.2, -0.15) is 0 Å². The van der Waals surface area contributed by atoms with Gasteiger partial charge in [0.25, 0.3) is 0 Å². The first-order valence-corrected chi connectivity index (χ1v) is 6.45. The molecule has 3 rings (SSSR count). The summed E-state index contributed by atoms with van der Waals surface area (Å²) in [7, 11) is 0. The van der Waals surface area contributed by atoms with Crippen LogP contribution in [-0.2, 0) is 0 Å². The van der Waals surface area contributed by atoms with E-state index < -0.39 is 0 Å². The monoisotopic (exact) mass is 245 g/mol.